The van der Waals surface area contributed by atoms with Gasteiger partial charge in [-0.25, -0.2) is 0 Å². The molecule has 0 heterocycles. The molecule has 3 N–H and O–H groups in total. The molecule has 9 heteroatoms. The minimum atomic E-state index is -0.572. The van der Waals surface area contributed by atoms with Crippen molar-refractivity contribution in [1.29, 1.82) is 0 Å². The van der Waals surface area contributed by atoms with Crippen LogP contribution in [0.25, 0.3) is 11.1 Å². The number of rotatable bonds is 10. The molecule has 2 aromatic carbocycles. The van der Waals surface area contributed by atoms with E-state index in [4.69, 9.17) is 14.2 Å². The molecule has 2 aromatic rings. The normalized spacial score (nSPS) is 18.2. The number of methoxy groups -OCH3 is 3. The first-order valence-electron chi connectivity index (χ1n) is 16.1. The van der Waals surface area contributed by atoms with Crippen LogP contribution in [0.15, 0.2) is 29.1 Å². The monoisotopic (exact) mass is 607 g/mol. The Morgan fingerprint density at radius 1 is 0.909 bits per heavy atom. The number of hydrogen-bond donors (Lipinski definition) is 3. The highest BCUT2D eigenvalue weighted by Gasteiger charge is 2.31. The van der Waals surface area contributed by atoms with E-state index in [0.717, 1.165) is 48.8 Å². The average Bonchev–Trinajstić information content (AvgIpc) is 3.23. The Morgan fingerprint density at radius 3 is 2.20 bits per heavy atom. The molecule has 44 heavy (non-hydrogen) atoms. The molecule has 4 rings (SSSR count). The van der Waals surface area contributed by atoms with E-state index < -0.39 is 12.1 Å². The second-order valence-electron chi connectivity index (χ2n) is 12.2. The molecule has 9 nitrogen and oxygen atoms in total. The summed E-state index contributed by atoms with van der Waals surface area (Å²) in [7, 11) is 4.72. The summed E-state index contributed by atoms with van der Waals surface area (Å²) in [6.45, 7) is 5.56. The molecule has 2 aliphatic rings. The molecular weight excluding hydrogens is 558 g/mol. The fourth-order valence-corrected chi connectivity index (χ4v) is 6.59. The number of carbonyl (C=O) groups excluding carboxylic acids is 2. The van der Waals surface area contributed by atoms with E-state index in [1.165, 1.54) is 26.2 Å². The third-order valence-corrected chi connectivity index (χ3v) is 9.17. The second-order valence-corrected chi connectivity index (χ2v) is 12.2. The Hall–Kier alpha value is -3.75. The number of nitrogens with one attached hydrogen (secondary N) is 3. The zero-order valence-corrected chi connectivity index (χ0v) is 27.1. The lowest BCUT2D eigenvalue weighted by Gasteiger charge is -2.28. The van der Waals surface area contributed by atoms with E-state index in [1.54, 1.807) is 33.5 Å². The van der Waals surface area contributed by atoms with Gasteiger partial charge in [0.25, 0.3) is 0 Å². The van der Waals surface area contributed by atoms with Crippen LogP contribution < -0.4 is 35.6 Å². The number of ether oxygens (including phenoxy) is 3. The van der Waals surface area contributed by atoms with Crippen LogP contribution in [0.1, 0.15) is 95.7 Å². The van der Waals surface area contributed by atoms with Gasteiger partial charge in [0.2, 0.25) is 23.0 Å². The molecular formula is C35H49N3O6. The van der Waals surface area contributed by atoms with Crippen LogP contribution in [0, 0.1) is 5.92 Å². The standard InChI is InChI=1S/C35H49N3O6/c1-7-21(2)32(35(41)37-24-13-11-9-8-10-12-14-24)38-28-18-16-25-26(20-29(28)40)27(36-22(3)39)17-15-23-19-30(42-4)33(43-5)34(44-6)31(23)25/h16,18-21,24,27,32H,7-15,17H2,1-6H3,(H,36,39)(H,37,41)(H,38,40)/t21-,27+,32+/m1/s1. The number of benzene rings is 1. The Morgan fingerprint density at radius 2 is 1.59 bits per heavy atom. The first kappa shape index (κ1) is 33.1. The van der Waals surface area contributed by atoms with E-state index in [9.17, 15) is 14.4 Å². The van der Waals surface area contributed by atoms with Crippen molar-refractivity contribution in [2.75, 3.05) is 26.6 Å². The number of carbonyl (C=O) groups is 2. The zero-order chi connectivity index (χ0) is 31.8. The molecule has 0 aliphatic heterocycles. The molecule has 3 atom stereocenters. The van der Waals surface area contributed by atoms with Crippen LogP contribution in [0.3, 0.4) is 0 Å². The Balaban J connectivity index is 1.80. The number of aryl methyl sites for hydroxylation is 1. The summed E-state index contributed by atoms with van der Waals surface area (Å²) in [6.07, 6.45) is 9.84. The lowest BCUT2D eigenvalue weighted by molar-refractivity contribution is -0.123. The maximum absolute atomic E-state index is 13.9. The summed E-state index contributed by atoms with van der Waals surface area (Å²) in [5.74, 6) is 1.23. The van der Waals surface area contributed by atoms with Crippen LogP contribution in [0.2, 0.25) is 0 Å². The highest BCUT2D eigenvalue weighted by atomic mass is 16.5. The van der Waals surface area contributed by atoms with Gasteiger partial charge in [-0.05, 0) is 66.5 Å². The van der Waals surface area contributed by atoms with Crippen molar-refractivity contribution in [2.45, 2.75) is 103 Å². The largest absolute Gasteiger partial charge is 0.493 e. The first-order chi connectivity index (χ1) is 21.2. The lowest BCUT2D eigenvalue weighted by atomic mass is 9.94. The summed E-state index contributed by atoms with van der Waals surface area (Å²) < 4.78 is 17.2. The summed E-state index contributed by atoms with van der Waals surface area (Å²) >= 11 is 0. The summed E-state index contributed by atoms with van der Waals surface area (Å²) in [4.78, 5) is 39.9. The van der Waals surface area contributed by atoms with Gasteiger partial charge in [0.15, 0.2) is 11.5 Å². The second kappa shape index (κ2) is 15.3. The smallest absolute Gasteiger partial charge is 0.242 e. The number of hydrogen-bond acceptors (Lipinski definition) is 7. The van der Waals surface area contributed by atoms with Crippen LogP contribution in [-0.4, -0.2) is 45.2 Å². The molecule has 0 radical (unpaired) electrons. The van der Waals surface area contributed by atoms with Gasteiger partial charge in [0, 0.05) is 18.5 Å². The summed E-state index contributed by atoms with van der Waals surface area (Å²) in [6, 6.07) is 6.32. The quantitative estimate of drug-likeness (QED) is 0.307. The van der Waals surface area contributed by atoms with Crippen molar-refractivity contribution < 1.29 is 23.8 Å². The molecule has 240 valence electrons. The van der Waals surface area contributed by atoms with E-state index in [-0.39, 0.29) is 29.2 Å². The Bertz CT molecular complexity index is 1390. The van der Waals surface area contributed by atoms with Gasteiger partial charge in [0.05, 0.1) is 33.1 Å². The van der Waals surface area contributed by atoms with E-state index in [0.29, 0.717) is 41.3 Å². The van der Waals surface area contributed by atoms with Gasteiger partial charge in [-0.15, -0.1) is 0 Å². The molecule has 2 aliphatic carbocycles. The van der Waals surface area contributed by atoms with Crippen LogP contribution in [-0.2, 0) is 16.0 Å². The summed E-state index contributed by atoms with van der Waals surface area (Å²) in [5, 5.41) is 9.68. The fraction of sp³-hybridized carbons (Fsp3) is 0.571. The molecule has 0 bridgehead atoms. The summed E-state index contributed by atoms with van der Waals surface area (Å²) in [5.41, 5.74) is 3.25. The van der Waals surface area contributed by atoms with Crippen molar-refractivity contribution >= 4 is 17.5 Å². The van der Waals surface area contributed by atoms with Crippen molar-refractivity contribution in [3.63, 3.8) is 0 Å². The van der Waals surface area contributed by atoms with Crippen LogP contribution >= 0.6 is 0 Å². The van der Waals surface area contributed by atoms with Crippen molar-refractivity contribution in [2.24, 2.45) is 5.92 Å². The fourth-order valence-electron chi connectivity index (χ4n) is 6.59. The zero-order valence-electron chi connectivity index (χ0n) is 27.1. The van der Waals surface area contributed by atoms with Crippen molar-refractivity contribution in [3.8, 4) is 28.4 Å². The maximum Gasteiger partial charge on any atom is 0.242 e. The Kier molecular flexibility index (Phi) is 11.5. The minimum Gasteiger partial charge on any atom is -0.493 e. The third kappa shape index (κ3) is 7.48. The Labute approximate surface area is 261 Å². The highest BCUT2D eigenvalue weighted by Crippen LogP contribution is 2.50. The lowest BCUT2D eigenvalue weighted by Crippen LogP contribution is -2.48. The number of fused-ring (bicyclic) bond motifs is 3. The average molecular weight is 608 g/mol. The van der Waals surface area contributed by atoms with Gasteiger partial charge >= 0.3 is 0 Å². The van der Waals surface area contributed by atoms with Gasteiger partial charge in [-0.2, -0.15) is 0 Å². The molecule has 0 saturated heterocycles. The van der Waals surface area contributed by atoms with E-state index in [1.807, 2.05) is 19.1 Å². The molecule has 0 aromatic heterocycles. The van der Waals surface area contributed by atoms with Gasteiger partial charge in [0.1, 0.15) is 6.04 Å². The SMILES string of the molecule is CC[C@@H](C)[C@H](Nc1ccc2c(cc1=O)[C@@H](NC(C)=O)CCc1cc(OC)c(OC)c(OC)c1-2)C(=O)NC1CCCCCCC1. The predicted molar refractivity (Wildman–Crippen MR) is 174 cm³/mol. The molecule has 2 amide bonds. The van der Waals surface area contributed by atoms with Crippen LogP contribution in [0.5, 0.6) is 17.2 Å². The predicted octanol–water partition coefficient (Wildman–Crippen LogP) is 5.92. The number of anilines is 1. The van der Waals surface area contributed by atoms with Gasteiger partial charge in [-0.3, -0.25) is 14.4 Å². The first-order valence-corrected chi connectivity index (χ1v) is 16.1. The van der Waals surface area contributed by atoms with Crippen molar-refractivity contribution in [1.82, 2.24) is 10.6 Å². The van der Waals surface area contributed by atoms with E-state index in [2.05, 4.69) is 22.9 Å². The van der Waals surface area contributed by atoms with E-state index >= 15 is 0 Å². The van der Waals surface area contributed by atoms with Gasteiger partial charge < -0.3 is 30.2 Å². The molecule has 1 fully saturated rings. The van der Waals surface area contributed by atoms with Gasteiger partial charge in [-0.1, -0.05) is 58.4 Å². The molecule has 1 saturated carbocycles. The molecule has 0 spiro atoms. The van der Waals surface area contributed by atoms with Crippen molar-refractivity contribution in [3.05, 3.63) is 45.6 Å². The minimum absolute atomic E-state index is 0.00373. The van der Waals surface area contributed by atoms with Crippen LogP contribution in [0.4, 0.5) is 5.69 Å². The maximum atomic E-state index is 13.9. The highest BCUT2D eigenvalue weighted by molar-refractivity contribution is 5.86. The molecule has 0 unspecified atom stereocenters. The third-order valence-electron chi connectivity index (χ3n) is 9.17. The number of amides is 2. The topological polar surface area (TPSA) is 115 Å².